The van der Waals surface area contributed by atoms with Gasteiger partial charge in [0.1, 0.15) is 18.2 Å². The molecule has 0 bridgehead atoms. The Morgan fingerprint density at radius 3 is 2.31 bits per heavy atom. The number of aliphatic hydroxyl groups excluding tert-OH is 1. The first-order chi connectivity index (χ1) is 14.1. The van der Waals surface area contributed by atoms with Gasteiger partial charge >= 0.3 is 0 Å². The highest BCUT2D eigenvalue weighted by molar-refractivity contribution is 5.46. The zero-order valence-corrected chi connectivity index (χ0v) is 17.1. The van der Waals surface area contributed by atoms with Crippen LogP contribution in [-0.4, -0.2) is 68.7 Å². The van der Waals surface area contributed by atoms with Crippen molar-refractivity contribution in [3.8, 4) is 5.75 Å². The Morgan fingerprint density at radius 2 is 1.66 bits per heavy atom. The van der Waals surface area contributed by atoms with E-state index in [9.17, 15) is 9.50 Å². The van der Waals surface area contributed by atoms with Crippen LogP contribution in [0.4, 0.5) is 10.1 Å². The molecule has 158 valence electrons. The van der Waals surface area contributed by atoms with Crippen molar-refractivity contribution < 1.29 is 19.0 Å². The molecule has 0 aromatic heterocycles. The monoisotopic (exact) mass is 402 g/mol. The summed E-state index contributed by atoms with van der Waals surface area (Å²) in [4.78, 5) is 4.48. The van der Waals surface area contributed by atoms with Crippen molar-refractivity contribution in [2.75, 3.05) is 57.4 Å². The van der Waals surface area contributed by atoms with Crippen molar-refractivity contribution in [1.29, 1.82) is 0 Å². The number of ether oxygens (including phenoxy) is 2. The average molecular weight is 403 g/mol. The van der Waals surface area contributed by atoms with Gasteiger partial charge in [-0.25, -0.2) is 4.39 Å². The number of piperazine rings is 1. The number of β-amino-alcohol motifs (C(OH)–C–C–N with tert-alkyl or cyclic N) is 1. The zero-order valence-electron chi connectivity index (χ0n) is 17.1. The zero-order chi connectivity index (χ0) is 20.5. The lowest BCUT2D eigenvalue weighted by Crippen LogP contribution is -2.49. The van der Waals surface area contributed by atoms with E-state index in [1.165, 1.54) is 17.7 Å². The molecule has 0 amide bonds. The van der Waals surface area contributed by atoms with Crippen molar-refractivity contribution in [1.82, 2.24) is 4.90 Å². The van der Waals surface area contributed by atoms with Crippen LogP contribution in [0.2, 0.25) is 0 Å². The van der Waals surface area contributed by atoms with Crippen LogP contribution >= 0.6 is 0 Å². The second-order valence-corrected chi connectivity index (χ2v) is 7.34. The molecule has 1 aliphatic rings. The first kappa shape index (κ1) is 21.6. The summed E-state index contributed by atoms with van der Waals surface area (Å²) in [5.74, 6) is 0.626. The van der Waals surface area contributed by atoms with Gasteiger partial charge in [0.25, 0.3) is 0 Å². The number of aryl methyl sites for hydroxylation is 1. The molecule has 5 nitrogen and oxygen atoms in total. The third-order valence-electron chi connectivity index (χ3n) is 5.17. The van der Waals surface area contributed by atoms with Crippen LogP contribution in [0, 0.1) is 5.82 Å². The minimum absolute atomic E-state index is 0.213. The maximum Gasteiger partial charge on any atom is 0.123 e. The highest BCUT2D eigenvalue weighted by Gasteiger charge is 2.19. The van der Waals surface area contributed by atoms with E-state index >= 15 is 0 Å². The molecule has 1 heterocycles. The molecule has 1 atom stereocenters. The van der Waals surface area contributed by atoms with Crippen LogP contribution in [0.25, 0.3) is 0 Å². The number of nitrogens with zero attached hydrogens (tertiary/aromatic N) is 2. The lowest BCUT2D eigenvalue weighted by molar-refractivity contribution is 0.00718. The largest absolute Gasteiger partial charge is 0.491 e. The fraction of sp³-hybridized carbons (Fsp3) is 0.478. The van der Waals surface area contributed by atoms with E-state index < -0.39 is 6.10 Å². The molecule has 1 saturated heterocycles. The number of anilines is 1. The standard InChI is InChI=1S/C23H31FN2O3/c1-2-19-3-9-23(10-4-19)29-16-15-28-18-22(27)17-25-11-13-26(14-12-25)21-7-5-20(24)6-8-21/h3-10,22,27H,2,11-18H2,1H3. The van der Waals surface area contributed by atoms with Gasteiger partial charge in [-0.2, -0.15) is 0 Å². The van der Waals surface area contributed by atoms with Crippen LogP contribution in [0.3, 0.4) is 0 Å². The van der Waals surface area contributed by atoms with E-state index in [2.05, 4.69) is 28.9 Å². The maximum absolute atomic E-state index is 13.0. The molecule has 3 rings (SSSR count). The van der Waals surface area contributed by atoms with Gasteiger partial charge in [-0.1, -0.05) is 19.1 Å². The lowest BCUT2D eigenvalue weighted by atomic mass is 10.2. The van der Waals surface area contributed by atoms with E-state index in [-0.39, 0.29) is 5.82 Å². The van der Waals surface area contributed by atoms with E-state index in [0.29, 0.717) is 26.4 Å². The number of aliphatic hydroxyl groups is 1. The second-order valence-electron chi connectivity index (χ2n) is 7.34. The summed E-state index contributed by atoms with van der Waals surface area (Å²) >= 11 is 0. The molecule has 0 radical (unpaired) electrons. The van der Waals surface area contributed by atoms with Crippen LogP contribution < -0.4 is 9.64 Å². The Hall–Kier alpha value is -2.15. The predicted molar refractivity (Wildman–Crippen MR) is 113 cm³/mol. The molecule has 0 saturated carbocycles. The van der Waals surface area contributed by atoms with Crippen LogP contribution in [0.15, 0.2) is 48.5 Å². The van der Waals surface area contributed by atoms with Gasteiger partial charge in [0.15, 0.2) is 0 Å². The Kier molecular flexibility index (Phi) is 8.28. The normalized spacial score (nSPS) is 16.0. The maximum atomic E-state index is 13.0. The summed E-state index contributed by atoms with van der Waals surface area (Å²) in [6.45, 7) is 7.40. The molecular weight excluding hydrogens is 371 g/mol. The first-order valence-electron chi connectivity index (χ1n) is 10.3. The summed E-state index contributed by atoms with van der Waals surface area (Å²) < 4.78 is 24.3. The second kappa shape index (κ2) is 11.1. The molecule has 1 N–H and O–H groups in total. The highest BCUT2D eigenvalue weighted by Crippen LogP contribution is 2.17. The minimum atomic E-state index is -0.517. The van der Waals surface area contributed by atoms with Crippen molar-refractivity contribution in [3.05, 3.63) is 59.9 Å². The fourth-order valence-electron chi connectivity index (χ4n) is 3.45. The number of halogens is 1. The molecule has 1 fully saturated rings. The summed E-state index contributed by atoms with van der Waals surface area (Å²) in [6, 6.07) is 14.7. The van der Waals surface area contributed by atoms with Crippen molar-refractivity contribution in [3.63, 3.8) is 0 Å². The molecule has 2 aromatic carbocycles. The molecule has 1 aliphatic heterocycles. The fourth-order valence-corrected chi connectivity index (χ4v) is 3.45. The molecule has 0 aliphatic carbocycles. The van der Waals surface area contributed by atoms with E-state index in [1.807, 2.05) is 24.3 Å². The first-order valence-corrected chi connectivity index (χ1v) is 10.3. The lowest BCUT2D eigenvalue weighted by Gasteiger charge is -2.36. The van der Waals surface area contributed by atoms with E-state index in [1.54, 1.807) is 0 Å². The van der Waals surface area contributed by atoms with Gasteiger partial charge in [0.2, 0.25) is 0 Å². The Bertz CT molecular complexity index is 716. The van der Waals surface area contributed by atoms with Gasteiger partial charge < -0.3 is 19.5 Å². The van der Waals surface area contributed by atoms with E-state index in [4.69, 9.17) is 9.47 Å². The van der Waals surface area contributed by atoms with Gasteiger partial charge in [-0.15, -0.1) is 0 Å². The summed E-state index contributed by atoms with van der Waals surface area (Å²) in [6.07, 6.45) is 0.499. The molecule has 0 spiro atoms. The van der Waals surface area contributed by atoms with Crippen LogP contribution in [0.1, 0.15) is 12.5 Å². The molecule has 2 aromatic rings. The summed E-state index contributed by atoms with van der Waals surface area (Å²) in [5, 5.41) is 10.2. The Labute approximate surface area is 172 Å². The SMILES string of the molecule is CCc1ccc(OCCOCC(O)CN2CCN(c3ccc(F)cc3)CC2)cc1. The average Bonchev–Trinajstić information content (AvgIpc) is 2.75. The van der Waals surface area contributed by atoms with Crippen molar-refractivity contribution >= 4 is 5.69 Å². The minimum Gasteiger partial charge on any atom is -0.491 e. The number of hydrogen-bond acceptors (Lipinski definition) is 5. The van der Waals surface area contributed by atoms with Crippen molar-refractivity contribution in [2.45, 2.75) is 19.4 Å². The molecular formula is C23H31FN2O3. The van der Waals surface area contributed by atoms with Gasteiger partial charge in [-0.3, -0.25) is 4.90 Å². The van der Waals surface area contributed by atoms with Gasteiger partial charge in [0.05, 0.1) is 19.3 Å². The highest BCUT2D eigenvalue weighted by atomic mass is 19.1. The smallest absolute Gasteiger partial charge is 0.123 e. The topological polar surface area (TPSA) is 45.2 Å². The molecule has 29 heavy (non-hydrogen) atoms. The Balaban J connectivity index is 1.27. The summed E-state index contributed by atoms with van der Waals surface area (Å²) in [7, 11) is 0. The number of hydrogen-bond donors (Lipinski definition) is 1. The number of benzene rings is 2. The van der Waals surface area contributed by atoms with Gasteiger partial charge in [0, 0.05) is 38.4 Å². The predicted octanol–water partition coefficient (Wildman–Crippen LogP) is 2.97. The summed E-state index contributed by atoms with van der Waals surface area (Å²) in [5.41, 5.74) is 2.33. The van der Waals surface area contributed by atoms with Crippen LogP contribution in [0.5, 0.6) is 5.75 Å². The molecule has 6 heteroatoms. The van der Waals surface area contributed by atoms with E-state index in [0.717, 1.165) is 44.0 Å². The molecule has 1 unspecified atom stereocenters. The number of rotatable bonds is 10. The van der Waals surface area contributed by atoms with Crippen molar-refractivity contribution in [2.24, 2.45) is 0 Å². The quantitative estimate of drug-likeness (QED) is 0.619. The third-order valence-corrected chi connectivity index (χ3v) is 5.17. The third kappa shape index (κ3) is 6.99. The Morgan fingerprint density at radius 1 is 0.966 bits per heavy atom. The van der Waals surface area contributed by atoms with Crippen LogP contribution in [-0.2, 0) is 11.2 Å². The van der Waals surface area contributed by atoms with Gasteiger partial charge in [-0.05, 0) is 48.4 Å².